The smallest absolute Gasteiger partial charge is 0.186 e. The van der Waals surface area contributed by atoms with E-state index in [1.165, 1.54) is 0 Å². The van der Waals surface area contributed by atoms with Crippen LogP contribution in [0.15, 0.2) is 66.7 Å². The molecule has 0 aliphatic carbocycles. The van der Waals surface area contributed by atoms with Gasteiger partial charge in [-0.15, -0.1) is 0 Å². The van der Waals surface area contributed by atoms with Gasteiger partial charge in [-0.2, -0.15) is 0 Å². The summed E-state index contributed by atoms with van der Waals surface area (Å²) in [6, 6.07) is 19.4. The molecule has 0 radical (unpaired) electrons. The highest BCUT2D eigenvalue weighted by atomic mass is 16.1. The van der Waals surface area contributed by atoms with Crippen LogP contribution in [0, 0.1) is 0 Å². The van der Waals surface area contributed by atoms with E-state index in [4.69, 9.17) is 0 Å². The molecule has 0 bridgehead atoms. The van der Waals surface area contributed by atoms with Gasteiger partial charge in [0.05, 0.1) is 0 Å². The summed E-state index contributed by atoms with van der Waals surface area (Å²) in [6.45, 7) is 2.07. The van der Waals surface area contributed by atoms with E-state index in [1.54, 1.807) is 6.08 Å². The summed E-state index contributed by atoms with van der Waals surface area (Å²) in [4.78, 5) is 12.1. The molecule has 2 aromatic rings. The zero-order valence-corrected chi connectivity index (χ0v) is 10.5. The maximum atomic E-state index is 12.1. The predicted molar refractivity (Wildman–Crippen MR) is 75.5 cm³/mol. The number of ketones is 1. The van der Waals surface area contributed by atoms with Crippen LogP contribution in [0.25, 0.3) is 5.57 Å². The van der Waals surface area contributed by atoms with Crippen molar-refractivity contribution < 1.29 is 4.79 Å². The third-order valence-corrected chi connectivity index (χ3v) is 2.89. The minimum absolute atomic E-state index is 0.0660. The van der Waals surface area contributed by atoms with Crippen molar-refractivity contribution in [3.63, 3.8) is 0 Å². The van der Waals surface area contributed by atoms with Crippen LogP contribution in [-0.2, 0) is 0 Å². The summed E-state index contributed by atoms with van der Waals surface area (Å²) >= 11 is 0. The number of rotatable bonds is 4. The van der Waals surface area contributed by atoms with Crippen molar-refractivity contribution >= 4 is 11.4 Å². The summed E-state index contributed by atoms with van der Waals surface area (Å²) in [5.41, 5.74) is 2.92. The van der Waals surface area contributed by atoms with E-state index in [2.05, 4.69) is 6.92 Å². The van der Waals surface area contributed by atoms with E-state index in [9.17, 15) is 4.79 Å². The Balaban J connectivity index is 2.29. The molecule has 0 saturated carbocycles. The molecule has 0 aromatic heterocycles. The lowest BCUT2D eigenvalue weighted by molar-refractivity contribution is 0.104. The van der Waals surface area contributed by atoms with E-state index in [1.807, 2.05) is 60.7 Å². The third kappa shape index (κ3) is 2.95. The normalized spacial score (nSPS) is 11.3. The molecule has 0 aliphatic rings. The highest BCUT2D eigenvalue weighted by molar-refractivity contribution is 6.08. The Bertz CT molecular complexity index is 538. The Kier molecular flexibility index (Phi) is 4.08. The first-order chi connectivity index (χ1) is 8.81. The molecule has 1 heteroatoms. The van der Waals surface area contributed by atoms with Crippen molar-refractivity contribution in [3.05, 3.63) is 77.9 Å². The molecule has 0 spiro atoms. The van der Waals surface area contributed by atoms with Crippen LogP contribution >= 0.6 is 0 Å². The quantitative estimate of drug-likeness (QED) is 0.569. The fraction of sp³-hybridized carbons (Fsp3) is 0.118. The number of allylic oxidation sites excluding steroid dienone is 2. The van der Waals surface area contributed by atoms with Gasteiger partial charge in [0.25, 0.3) is 0 Å². The second kappa shape index (κ2) is 5.97. The van der Waals surface area contributed by atoms with Crippen molar-refractivity contribution in [2.75, 3.05) is 0 Å². The van der Waals surface area contributed by atoms with E-state index in [0.717, 1.165) is 23.1 Å². The highest BCUT2D eigenvalue weighted by Gasteiger charge is 2.04. The molecule has 0 atom stereocenters. The second-order valence-corrected chi connectivity index (χ2v) is 4.12. The van der Waals surface area contributed by atoms with Gasteiger partial charge in [-0.25, -0.2) is 0 Å². The Morgan fingerprint density at radius 3 is 1.89 bits per heavy atom. The molecule has 18 heavy (non-hydrogen) atoms. The molecular weight excluding hydrogens is 220 g/mol. The molecular formula is C17H16O. The van der Waals surface area contributed by atoms with Gasteiger partial charge in [0.1, 0.15) is 0 Å². The standard InChI is InChI=1S/C17H16O/c1-2-14(15-9-5-3-6-10-15)13-17(18)16-11-7-4-8-12-16/h3-13H,2H2,1H3/b14-13-. The molecule has 0 saturated heterocycles. The van der Waals surface area contributed by atoms with Crippen LogP contribution in [0.3, 0.4) is 0 Å². The lowest BCUT2D eigenvalue weighted by Crippen LogP contribution is -1.96. The minimum atomic E-state index is 0.0660. The van der Waals surface area contributed by atoms with E-state index in [0.29, 0.717) is 0 Å². The van der Waals surface area contributed by atoms with Crippen molar-refractivity contribution in [2.45, 2.75) is 13.3 Å². The first-order valence-electron chi connectivity index (χ1n) is 6.16. The Hall–Kier alpha value is -2.15. The van der Waals surface area contributed by atoms with Crippen molar-refractivity contribution in [1.29, 1.82) is 0 Å². The molecule has 1 nitrogen and oxygen atoms in total. The topological polar surface area (TPSA) is 17.1 Å². The zero-order valence-electron chi connectivity index (χ0n) is 10.5. The fourth-order valence-electron chi connectivity index (χ4n) is 1.89. The van der Waals surface area contributed by atoms with Gasteiger partial charge >= 0.3 is 0 Å². The van der Waals surface area contributed by atoms with Crippen LogP contribution in [0.2, 0.25) is 0 Å². The number of hydrogen-bond acceptors (Lipinski definition) is 1. The molecule has 2 rings (SSSR count). The van der Waals surface area contributed by atoms with E-state index in [-0.39, 0.29) is 5.78 Å². The van der Waals surface area contributed by atoms with Gasteiger partial charge in [0.2, 0.25) is 0 Å². The molecule has 0 amide bonds. The van der Waals surface area contributed by atoms with Crippen LogP contribution in [0.5, 0.6) is 0 Å². The fourth-order valence-corrected chi connectivity index (χ4v) is 1.89. The van der Waals surface area contributed by atoms with Crippen molar-refractivity contribution in [3.8, 4) is 0 Å². The van der Waals surface area contributed by atoms with Gasteiger partial charge < -0.3 is 0 Å². The van der Waals surface area contributed by atoms with Crippen LogP contribution in [-0.4, -0.2) is 5.78 Å². The first kappa shape index (κ1) is 12.3. The average Bonchev–Trinajstić information content (AvgIpc) is 2.46. The van der Waals surface area contributed by atoms with Crippen molar-refractivity contribution in [2.24, 2.45) is 0 Å². The molecule has 0 unspecified atom stereocenters. The molecule has 0 fully saturated rings. The highest BCUT2D eigenvalue weighted by Crippen LogP contribution is 2.18. The van der Waals surface area contributed by atoms with Crippen LogP contribution in [0.4, 0.5) is 0 Å². The second-order valence-electron chi connectivity index (χ2n) is 4.12. The number of carbonyl (C=O) groups excluding carboxylic acids is 1. The predicted octanol–water partition coefficient (Wildman–Crippen LogP) is 4.36. The molecule has 0 N–H and O–H groups in total. The molecule has 0 aliphatic heterocycles. The summed E-state index contributed by atoms with van der Waals surface area (Å²) in [7, 11) is 0. The van der Waals surface area contributed by atoms with Gasteiger partial charge in [0.15, 0.2) is 5.78 Å². The number of benzene rings is 2. The van der Waals surface area contributed by atoms with E-state index >= 15 is 0 Å². The largest absolute Gasteiger partial charge is 0.289 e. The summed E-state index contributed by atoms with van der Waals surface area (Å²) in [6.07, 6.45) is 2.59. The average molecular weight is 236 g/mol. The lowest BCUT2D eigenvalue weighted by Gasteiger charge is -2.04. The summed E-state index contributed by atoms with van der Waals surface area (Å²) in [5.74, 6) is 0.0660. The monoisotopic (exact) mass is 236 g/mol. The Labute approximate surface area is 108 Å². The zero-order chi connectivity index (χ0) is 12.8. The Morgan fingerprint density at radius 2 is 1.39 bits per heavy atom. The minimum Gasteiger partial charge on any atom is -0.289 e. The Morgan fingerprint density at radius 1 is 0.889 bits per heavy atom. The first-order valence-corrected chi connectivity index (χ1v) is 6.16. The van der Waals surface area contributed by atoms with Crippen LogP contribution in [0.1, 0.15) is 29.3 Å². The molecule has 0 heterocycles. The third-order valence-electron chi connectivity index (χ3n) is 2.89. The van der Waals surface area contributed by atoms with Gasteiger partial charge in [-0.05, 0) is 23.6 Å². The maximum absolute atomic E-state index is 12.1. The van der Waals surface area contributed by atoms with Gasteiger partial charge in [-0.1, -0.05) is 67.6 Å². The number of hydrogen-bond donors (Lipinski definition) is 0. The van der Waals surface area contributed by atoms with Gasteiger partial charge in [-0.3, -0.25) is 4.79 Å². The van der Waals surface area contributed by atoms with Gasteiger partial charge in [0, 0.05) is 5.56 Å². The maximum Gasteiger partial charge on any atom is 0.186 e. The van der Waals surface area contributed by atoms with E-state index < -0.39 is 0 Å². The summed E-state index contributed by atoms with van der Waals surface area (Å²) in [5, 5.41) is 0. The molecule has 90 valence electrons. The SMILES string of the molecule is CC/C(=C/C(=O)c1ccccc1)c1ccccc1. The summed E-state index contributed by atoms with van der Waals surface area (Å²) < 4.78 is 0. The van der Waals surface area contributed by atoms with Crippen LogP contribution < -0.4 is 0 Å². The molecule has 2 aromatic carbocycles. The van der Waals surface area contributed by atoms with Crippen molar-refractivity contribution in [1.82, 2.24) is 0 Å². The number of carbonyl (C=O) groups is 1. The lowest BCUT2D eigenvalue weighted by atomic mass is 10.00.